The second-order valence-electron chi connectivity index (χ2n) is 5.46. The highest BCUT2D eigenvalue weighted by Crippen LogP contribution is 2.53. The van der Waals surface area contributed by atoms with Crippen molar-refractivity contribution in [3.05, 3.63) is 65.0 Å². The molecular formula is C17H12N4O2. The summed E-state index contributed by atoms with van der Waals surface area (Å²) in [5, 5.41) is 12.5. The van der Waals surface area contributed by atoms with Crippen LogP contribution in [-0.2, 0) is 10.2 Å². The van der Waals surface area contributed by atoms with E-state index in [0.29, 0.717) is 28.3 Å². The molecule has 0 fully saturated rings. The van der Waals surface area contributed by atoms with E-state index in [4.69, 9.17) is 16.2 Å². The third kappa shape index (κ3) is 1.48. The molecule has 6 nitrogen and oxygen atoms in total. The van der Waals surface area contributed by atoms with Gasteiger partial charge in [-0.05, 0) is 12.1 Å². The summed E-state index contributed by atoms with van der Waals surface area (Å²) in [6.07, 6.45) is 0. The van der Waals surface area contributed by atoms with Gasteiger partial charge in [0.15, 0.2) is 0 Å². The van der Waals surface area contributed by atoms with E-state index < -0.39 is 5.41 Å². The summed E-state index contributed by atoms with van der Waals surface area (Å²) in [5.41, 5.74) is 12.9. The van der Waals surface area contributed by atoms with E-state index >= 15 is 0 Å². The predicted molar refractivity (Wildman–Crippen MR) is 84.2 cm³/mol. The van der Waals surface area contributed by atoms with Gasteiger partial charge in [0.25, 0.3) is 0 Å². The summed E-state index contributed by atoms with van der Waals surface area (Å²) < 4.78 is 5.54. The van der Waals surface area contributed by atoms with Gasteiger partial charge < -0.3 is 21.5 Å². The molecule has 0 saturated heterocycles. The highest BCUT2D eigenvalue weighted by Gasteiger charge is 2.56. The minimum Gasteiger partial charge on any atom is -0.440 e. The number of nitriles is 1. The van der Waals surface area contributed by atoms with Crippen molar-refractivity contribution in [3.8, 4) is 11.8 Å². The third-order valence-electron chi connectivity index (χ3n) is 4.28. The van der Waals surface area contributed by atoms with Crippen molar-refractivity contribution in [2.75, 3.05) is 11.1 Å². The molecule has 2 aromatic rings. The molecule has 23 heavy (non-hydrogen) atoms. The third-order valence-corrected chi connectivity index (χ3v) is 4.28. The maximum absolute atomic E-state index is 12.9. The van der Waals surface area contributed by atoms with Crippen molar-refractivity contribution in [2.24, 2.45) is 5.73 Å². The Morgan fingerprint density at radius 3 is 2.70 bits per heavy atom. The average molecular weight is 304 g/mol. The Morgan fingerprint density at radius 2 is 1.91 bits per heavy atom. The van der Waals surface area contributed by atoms with Gasteiger partial charge in [-0.1, -0.05) is 24.3 Å². The average Bonchev–Trinajstić information content (AvgIpc) is 2.81. The summed E-state index contributed by atoms with van der Waals surface area (Å²) in [6.45, 7) is 0. The number of nitrogen functional groups attached to an aromatic ring is 1. The van der Waals surface area contributed by atoms with Gasteiger partial charge in [0, 0.05) is 28.6 Å². The van der Waals surface area contributed by atoms with Crippen LogP contribution in [0.4, 0.5) is 11.4 Å². The summed E-state index contributed by atoms with van der Waals surface area (Å²) in [7, 11) is 0. The molecule has 4 rings (SSSR count). The molecule has 1 spiro atoms. The molecule has 1 amide bonds. The van der Waals surface area contributed by atoms with Gasteiger partial charge in [-0.3, -0.25) is 4.79 Å². The van der Waals surface area contributed by atoms with Crippen LogP contribution in [0.2, 0.25) is 0 Å². The highest BCUT2D eigenvalue weighted by atomic mass is 16.5. The molecular weight excluding hydrogens is 292 g/mol. The van der Waals surface area contributed by atoms with Gasteiger partial charge in [-0.2, -0.15) is 5.26 Å². The number of hydrogen-bond donors (Lipinski definition) is 3. The van der Waals surface area contributed by atoms with E-state index in [0.717, 1.165) is 0 Å². The lowest BCUT2D eigenvalue weighted by Gasteiger charge is -2.33. The van der Waals surface area contributed by atoms with Crippen molar-refractivity contribution in [2.45, 2.75) is 5.41 Å². The lowest BCUT2D eigenvalue weighted by atomic mass is 9.69. The van der Waals surface area contributed by atoms with E-state index in [2.05, 4.69) is 11.4 Å². The smallest absolute Gasteiger partial charge is 0.245 e. The first-order valence-electron chi connectivity index (χ1n) is 6.98. The van der Waals surface area contributed by atoms with Crippen molar-refractivity contribution < 1.29 is 9.53 Å². The number of anilines is 2. The van der Waals surface area contributed by atoms with Gasteiger partial charge in [0.2, 0.25) is 11.8 Å². The molecule has 2 heterocycles. The fraction of sp³-hybridized carbons (Fsp3) is 0.0588. The van der Waals surface area contributed by atoms with E-state index in [1.54, 1.807) is 24.3 Å². The Kier molecular flexibility index (Phi) is 2.46. The van der Waals surface area contributed by atoms with E-state index in [1.807, 2.05) is 18.2 Å². The highest BCUT2D eigenvalue weighted by molar-refractivity contribution is 6.12. The van der Waals surface area contributed by atoms with E-state index in [1.165, 1.54) is 0 Å². The minimum absolute atomic E-state index is 0.0808. The van der Waals surface area contributed by atoms with Gasteiger partial charge in [0.05, 0.1) is 0 Å². The SMILES string of the molecule is N#CC1=C(N)Oc2cc(N)ccc2[C@@]12C(=O)Nc1ccccc12. The number of nitrogens with two attached hydrogens (primary N) is 2. The van der Waals surface area contributed by atoms with Crippen LogP contribution in [0.25, 0.3) is 0 Å². The predicted octanol–water partition coefficient (Wildman–Crippen LogP) is 1.59. The van der Waals surface area contributed by atoms with Gasteiger partial charge in [0.1, 0.15) is 22.8 Å². The zero-order chi connectivity index (χ0) is 16.2. The van der Waals surface area contributed by atoms with Gasteiger partial charge in [-0.15, -0.1) is 0 Å². The molecule has 112 valence electrons. The number of hydrogen-bond acceptors (Lipinski definition) is 5. The Labute approximate surface area is 132 Å². The molecule has 0 saturated carbocycles. The zero-order valence-corrected chi connectivity index (χ0v) is 12.0. The van der Waals surface area contributed by atoms with Gasteiger partial charge in [-0.25, -0.2) is 0 Å². The van der Waals surface area contributed by atoms with Crippen molar-refractivity contribution >= 4 is 17.3 Å². The second-order valence-corrected chi connectivity index (χ2v) is 5.46. The minimum atomic E-state index is -1.31. The van der Waals surface area contributed by atoms with Crippen molar-refractivity contribution in [3.63, 3.8) is 0 Å². The van der Waals surface area contributed by atoms with Gasteiger partial charge >= 0.3 is 0 Å². The maximum Gasteiger partial charge on any atom is 0.245 e. The number of rotatable bonds is 0. The normalized spacial score (nSPS) is 21.3. The number of nitrogens with zero attached hydrogens (tertiary/aromatic N) is 1. The van der Waals surface area contributed by atoms with Crippen molar-refractivity contribution in [1.82, 2.24) is 0 Å². The molecule has 0 aliphatic carbocycles. The number of carbonyl (C=O) groups excluding carboxylic acids is 1. The van der Waals surface area contributed by atoms with Crippen LogP contribution in [0.15, 0.2) is 53.9 Å². The molecule has 6 heteroatoms. The van der Waals surface area contributed by atoms with Crippen LogP contribution >= 0.6 is 0 Å². The molecule has 0 unspecified atom stereocenters. The number of fused-ring (bicyclic) bond motifs is 4. The lowest BCUT2D eigenvalue weighted by Crippen LogP contribution is -2.42. The number of ether oxygens (including phenoxy) is 1. The monoisotopic (exact) mass is 304 g/mol. The maximum atomic E-state index is 12.9. The number of benzene rings is 2. The first kappa shape index (κ1) is 13.2. The summed E-state index contributed by atoms with van der Waals surface area (Å²) in [5.74, 6) is -0.0293. The molecule has 0 radical (unpaired) electrons. The summed E-state index contributed by atoms with van der Waals surface area (Å²) in [6, 6.07) is 14.3. The first-order chi connectivity index (χ1) is 11.1. The Morgan fingerprint density at radius 1 is 1.13 bits per heavy atom. The van der Waals surface area contributed by atoms with Crippen LogP contribution in [0, 0.1) is 11.3 Å². The number of nitrogens with one attached hydrogen (secondary N) is 1. The van der Waals surface area contributed by atoms with E-state index in [9.17, 15) is 10.1 Å². The van der Waals surface area contributed by atoms with Crippen LogP contribution in [-0.4, -0.2) is 5.91 Å². The fourth-order valence-corrected chi connectivity index (χ4v) is 3.33. The van der Waals surface area contributed by atoms with Crippen LogP contribution < -0.4 is 21.5 Å². The summed E-state index contributed by atoms with van der Waals surface area (Å²) >= 11 is 0. The lowest BCUT2D eigenvalue weighted by molar-refractivity contribution is -0.118. The van der Waals surface area contributed by atoms with E-state index in [-0.39, 0.29) is 17.4 Å². The molecule has 2 aliphatic heterocycles. The largest absolute Gasteiger partial charge is 0.440 e. The van der Waals surface area contributed by atoms with Crippen LogP contribution in [0.5, 0.6) is 5.75 Å². The molecule has 1 atom stereocenters. The number of carbonyl (C=O) groups is 1. The molecule has 2 aliphatic rings. The van der Waals surface area contributed by atoms with Crippen LogP contribution in [0.3, 0.4) is 0 Å². The number of amides is 1. The molecule has 0 aromatic heterocycles. The van der Waals surface area contributed by atoms with Crippen molar-refractivity contribution in [1.29, 1.82) is 5.26 Å². The standard InChI is InChI=1S/C17H12N4O2/c18-8-12-15(20)23-14-7-9(19)5-6-11(14)17(12)10-3-1-2-4-13(10)21-16(17)22/h1-7H,19-20H2,(H,21,22)/t17-/m1/s1. The molecule has 0 bridgehead atoms. The first-order valence-corrected chi connectivity index (χ1v) is 6.98. The topological polar surface area (TPSA) is 114 Å². The quantitative estimate of drug-likeness (QED) is 0.639. The fourth-order valence-electron chi connectivity index (χ4n) is 3.33. The molecule has 5 N–H and O–H groups in total. The Balaban J connectivity index is 2.15. The van der Waals surface area contributed by atoms with Crippen LogP contribution in [0.1, 0.15) is 11.1 Å². The Hall–Kier alpha value is -3.46. The second kappa shape index (κ2) is 4.27. The Bertz CT molecular complexity index is 942. The zero-order valence-electron chi connectivity index (χ0n) is 12.0. The summed E-state index contributed by atoms with van der Waals surface area (Å²) in [4.78, 5) is 12.9. The molecule has 2 aromatic carbocycles. The number of para-hydroxylation sites is 1.